The average molecular weight is 358 g/mol. The first-order chi connectivity index (χ1) is 12.0. The van der Waals surface area contributed by atoms with Crippen molar-refractivity contribution in [3.63, 3.8) is 0 Å². The number of nitrogens with zero attached hydrogens (tertiary/aromatic N) is 1. The van der Waals surface area contributed by atoms with Crippen LogP contribution in [0.4, 0.5) is 4.79 Å². The van der Waals surface area contributed by atoms with E-state index in [0.717, 1.165) is 22.3 Å². The van der Waals surface area contributed by atoms with Crippen LogP contribution in [0.2, 0.25) is 0 Å². The van der Waals surface area contributed by atoms with Crippen LogP contribution in [0.5, 0.6) is 0 Å². The molecule has 0 saturated carbocycles. The number of methoxy groups -OCH3 is 1. The van der Waals surface area contributed by atoms with Crippen LogP contribution in [0, 0.1) is 5.92 Å². The summed E-state index contributed by atoms with van der Waals surface area (Å²) in [5, 5.41) is -0.567. The monoisotopic (exact) mass is 357 g/mol. The molecule has 25 heavy (non-hydrogen) atoms. The summed E-state index contributed by atoms with van der Waals surface area (Å²) in [6.07, 6.45) is -0.566. The number of benzene rings is 2. The third kappa shape index (κ3) is 2.91. The van der Waals surface area contributed by atoms with Gasteiger partial charge in [0.15, 0.2) is 0 Å². The molecule has 1 aliphatic rings. The molecule has 3 rings (SSSR count). The molecular weight excluding hydrogens is 338 g/mol. The van der Waals surface area contributed by atoms with E-state index in [1.807, 2.05) is 62.4 Å². The molecule has 0 spiro atoms. The second-order valence-corrected chi connectivity index (χ2v) is 6.82. The molecule has 0 bridgehead atoms. The fourth-order valence-corrected chi connectivity index (χ4v) is 3.96. The molecule has 1 atom stereocenters. The molecule has 0 unspecified atom stereocenters. The van der Waals surface area contributed by atoms with Gasteiger partial charge in [0.2, 0.25) is 5.24 Å². The first kappa shape index (κ1) is 17.5. The fourth-order valence-electron chi connectivity index (χ4n) is 3.61. The van der Waals surface area contributed by atoms with Crippen LogP contribution in [-0.2, 0) is 9.53 Å². The number of rotatable bonds is 4. The minimum Gasteiger partial charge on any atom is -0.453 e. The van der Waals surface area contributed by atoms with Crippen molar-refractivity contribution in [3.8, 4) is 11.1 Å². The maximum absolute atomic E-state index is 12.7. The third-order valence-electron chi connectivity index (χ3n) is 4.63. The smallest absolute Gasteiger partial charge is 0.410 e. The van der Waals surface area contributed by atoms with E-state index in [9.17, 15) is 9.59 Å². The Labute approximate surface area is 152 Å². The van der Waals surface area contributed by atoms with Crippen LogP contribution in [0.25, 0.3) is 11.1 Å². The molecule has 0 heterocycles. The maximum Gasteiger partial charge on any atom is 0.410 e. The van der Waals surface area contributed by atoms with Crippen LogP contribution >= 0.6 is 11.6 Å². The van der Waals surface area contributed by atoms with Gasteiger partial charge in [-0.05, 0) is 39.8 Å². The molecule has 2 aromatic carbocycles. The van der Waals surface area contributed by atoms with Crippen molar-refractivity contribution >= 4 is 22.9 Å². The van der Waals surface area contributed by atoms with E-state index < -0.39 is 23.4 Å². The third-order valence-corrected chi connectivity index (χ3v) is 4.85. The highest BCUT2D eigenvalue weighted by molar-refractivity contribution is 6.64. The Bertz CT molecular complexity index is 773. The topological polar surface area (TPSA) is 46.6 Å². The minimum atomic E-state index is -0.779. The van der Waals surface area contributed by atoms with Gasteiger partial charge in [0.1, 0.15) is 6.04 Å². The summed E-state index contributed by atoms with van der Waals surface area (Å²) in [6.45, 7) is 3.74. The van der Waals surface area contributed by atoms with Crippen LogP contribution in [-0.4, -0.2) is 29.4 Å². The van der Waals surface area contributed by atoms with Gasteiger partial charge in [0, 0.05) is 0 Å². The summed E-state index contributed by atoms with van der Waals surface area (Å²) in [5.41, 5.74) is 4.05. The van der Waals surface area contributed by atoms with Gasteiger partial charge in [-0.1, -0.05) is 62.4 Å². The number of hydrogen-bond donors (Lipinski definition) is 0. The number of amides is 1. The van der Waals surface area contributed by atoms with Crippen LogP contribution < -0.4 is 0 Å². The summed E-state index contributed by atoms with van der Waals surface area (Å²) in [7, 11) is 1.32. The lowest BCUT2D eigenvalue weighted by Crippen LogP contribution is -2.48. The highest BCUT2D eigenvalue weighted by Gasteiger charge is 2.42. The van der Waals surface area contributed by atoms with E-state index in [0.29, 0.717) is 0 Å². The molecule has 2 aromatic rings. The van der Waals surface area contributed by atoms with Crippen molar-refractivity contribution in [2.24, 2.45) is 5.92 Å². The Morgan fingerprint density at radius 2 is 1.48 bits per heavy atom. The molecule has 0 aliphatic heterocycles. The number of ether oxygens (including phenoxy) is 1. The van der Waals surface area contributed by atoms with Crippen molar-refractivity contribution < 1.29 is 14.3 Å². The van der Waals surface area contributed by atoms with Gasteiger partial charge in [0.25, 0.3) is 0 Å². The van der Waals surface area contributed by atoms with E-state index >= 15 is 0 Å². The predicted molar refractivity (Wildman–Crippen MR) is 97.5 cm³/mol. The molecule has 0 fully saturated rings. The molecule has 0 saturated heterocycles. The average Bonchev–Trinajstić information content (AvgIpc) is 2.92. The zero-order valence-electron chi connectivity index (χ0n) is 14.4. The Morgan fingerprint density at radius 3 is 1.88 bits per heavy atom. The van der Waals surface area contributed by atoms with E-state index in [1.54, 1.807) is 0 Å². The van der Waals surface area contributed by atoms with E-state index in [4.69, 9.17) is 16.3 Å². The van der Waals surface area contributed by atoms with Crippen molar-refractivity contribution in [2.75, 3.05) is 7.11 Å². The first-order valence-electron chi connectivity index (χ1n) is 8.21. The number of fused-ring (bicyclic) bond motifs is 3. The van der Waals surface area contributed by atoms with Gasteiger partial charge in [0.05, 0.1) is 13.2 Å². The van der Waals surface area contributed by atoms with Gasteiger partial charge in [-0.15, -0.1) is 0 Å². The van der Waals surface area contributed by atoms with Crippen molar-refractivity contribution in [1.29, 1.82) is 0 Å². The first-order valence-corrected chi connectivity index (χ1v) is 8.59. The van der Waals surface area contributed by atoms with Gasteiger partial charge in [-0.25, -0.2) is 4.79 Å². The van der Waals surface area contributed by atoms with Crippen LogP contribution in [0.3, 0.4) is 0 Å². The minimum absolute atomic E-state index is 0.149. The largest absolute Gasteiger partial charge is 0.453 e. The molecule has 0 aromatic heterocycles. The second kappa shape index (κ2) is 6.89. The van der Waals surface area contributed by atoms with Gasteiger partial charge < -0.3 is 4.74 Å². The quantitative estimate of drug-likeness (QED) is 0.750. The SMILES string of the molecule is COC(=O)N(C1c2ccccc2-c2ccccc21)[C@H](C(=O)Cl)C(C)C. The number of carbonyl (C=O) groups is 2. The fraction of sp³-hybridized carbons (Fsp3) is 0.300. The second-order valence-electron chi connectivity index (χ2n) is 6.45. The standard InChI is InChI=1S/C20H20ClNO3/c1-12(2)17(19(21)23)22(20(24)25-3)18-15-10-6-4-8-13(15)14-9-5-7-11-16(14)18/h4-12,17-18H,1-3H3/t17-/m0/s1. The van der Waals surface area contributed by atoms with Crippen molar-refractivity contribution in [1.82, 2.24) is 4.90 Å². The molecule has 130 valence electrons. The lowest BCUT2D eigenvalue weighted by atomic mass is 9.97. The summed E-state index contributed by atoms with van der Waals surface area (Å²) < 4.78 is 5.01. The summed E-state index contributed by atoms with van der Waals surface area (Å²) in [4.78, 5) is 26.3. The highest BCUT2D eigenvalue weighted by atomic mass is 35.5. The van der Waals surface area contributed by atoms with Gasteiger partial charge >= 0.3 is 6.09 Å². The molecule has 4 nitrogen and oxygen atoms in total. The molecular formula is C20H20ClNO3. The Morgan fingerprint density at radius 1 is 1.00 bits per heavy atom. The van der Waals surface area contributed by atoms with Gasteiger partial charge in [-0.2, -0.15) is 0 Å². The molecule has 5 heteroatoms. The molecule has 1 amide bonds. The summed E-state index contributed by atoms with van der Waals surface area (Å²) in [5.74, 6) is -0.149. The predicted octanol–water partition coefficient (Wildman–Crippen LogP) is 4.61. The number of carbonyl (C=O) groups excluding carboxylic acids is 2. The lowest BCUT2D eigenvalue weighted by molar-refractivity contribution is -0.118. The van der Waals surface area contributed by atoms with Crippen LogP contribution in [0.1, 0.15) is 31.0 Å². The summed E-state index contributed by atoms with van der Waals surface area (Å²) >= 11 is 5.88. The molecule has 0 N–H and O–H groups in total. The maximum atomic E-state index is 12.7. The Kier molecular flexibility index (Phi) is 4.82. The normalized spacial score (nSPS) is 14.0. The zero-order chi connectivity index (χ0) is 18.1. The highest BCUT2D eigenvalue weighted by Crippen LogP contribution is 2.47. The molecule has 0 radical (unpaired) electrons. The Balaban J connectivity index is 2.22. The molecule has 1 aliphatic carbocycles. The van der Waals surface area contributed by atoms with Crippen molar-refractivity contribution in [3.05, 3.63) is 59.7 Å². The lowest BCUT2D eigenvalue weighted by Gasteiger charge is -2.36. The summed E-state index contributed by atoms with van der Waals surface area (Å²) in [6, 6.07) is 14.6. The van der Waals surface area contributed by atoms with E-state index in [2.05, 4.69) is 0 Å². The number of halogens is 1. The zero-order valence-corrected chi connectivity index (χ0v) is 15.2. The van der Waals surface area contributed by atoms with Crippen LogP contribution in [0.15, 0.2) is 48.5 Å². The van der Waals surface area contributed by atoms with E-state index in [1.165, 1.54) is 12.0 Å². The number of hydrogen-bond acceptors (Lipinski definition) is 3. The Hall–Kier alpha value is -2.33. The van der Waals surface area contributed by atoms with E-state index in [-0.39, 0.29) is 5.92 Å². The van der Waals surface area contributed by atoms with Crippen molar-refractivity contribution in [2.45, 2.75) is 25.9 Å². The van der Waals surface area contributed by atoms with Gasteiger partial charge in [-0.3, -0.25) is 9.69 Å².